The van der Waals surface area contributed by atoms with E-state index in [-0.39, 0.29) is 30.2 Å². The van der Waals surface area contributed by atoms with Crippen LogP contribution >= 0.6 is 0 Å². The zero-order chi connectivity index (χ0) is 19.4. The average molecular weight is 367 g/mol. The summed E-state index contributed by atoms with van der Waals surface area (Å²) in [6.07, 6.45) is 0.748. The number of benzene rings is 2. The summed E-state index contributed by atoms with van der Waals surface area (Å²) in [6, 6.07) is 15.6. The van der Waals surface area contributed by atoms with Gasteiger partial charge in [0, 0.05) is 25.5 Å². The van der Waals surface area contributed by atoms with Crippen LogP contribution in [0.15, 0.2) is 59.7 Å². The van der Waals surface area contributed by atoms with Crippen LogP contribution < -0.4 is 0 Å². The molecule has 3 rings (SSSR count). The van der Waals surface area contributed by atoms with Gasteiger partial charge in [-0.2, -0.15) is 5.10 Å². The molecule has 27 heavy (non-hydrogen) atoms. The molecule has 2 amide bonds. The highest BCUT2D eigenvalue weighted by Gasteiger charge is 2.34. The molecule has 0 N–H and O–H groups in total. The van der Waals surface area contributed by atoms with Gasteiger partial charge in [0.05, 0.1) is 11.8 Å². The van der Waals surface area contributed by atoms with Gasteiger partial charge in [-0.05, 0) is 11.6 Å². The molecule has 0 radical (unpaired) electrons. The molecule has 0 unspecified atom stereocenters. The molecule has 2 aromatic rings. The van der Waals surface area contributed by atoms with E-state index >= 15 is 0 Å². The van der Waals surface area contributed by atoms with Gasteiger partial charge in [0.1, 0.15) is 12.4 Å². The predicted molar refractivity (Wildman–Crippen MR) is 102 cm³/mol. The highest BCUT2D eigenvalue weighted by molar-refractivity contribution is 6.03. The van der Waals surface area contributed by atoms with Crippen LogP contribution in [0.25, 0.3) is 0 Å². The largest absolute Gasteiger partial charge is 0.336 e. The van der Waals surface area contributed by atoms with Crippen molar-refractivity contribution in [2.45, 2.75) is 25.8 Å². The molecule has 0 fully saturated rings. The Morgan fingerprint density at radius 1 is 1.15 bits per heavy atom. The van der Waals surface area contributed by atoms with Crippen LogP contribution in [0.2, 0.25) is 0 Å². The molecule has 0 aromatic heterocycles. The molecule has 1 aliphatic rings. The number of nitrogens with zero attached hydrogens (tertiary/aromatic N) is 3. The van der Waals surface area contributed by atoms with Crippen LogP contribution in [0, 0.1) is 5.82 Å². The van der Waals surface area contributed by atoms with Crippen molar-refractivity contribution < 1.29 is 14.0 Å². The van der Waals surface area contributed by atoms with Crippen LogP contribution in [0.5, 0.6) is 0 Å². The van der Waals surface area contributed by atoms with E-state index in [0.717, 1.165) is 5.56 Å². The minimum atomic E-state index is -0.365. The summed E-state index contributed by atoms with van der Waals surface area (Å²) in [5, 5.41) is 5.82. The number of hydrogen-bond acceptors (Lipinski definition) is 3. The summed E-state index contributed by atoms with van der Waals surface area (Å²) < 4.78 is 14.2. The fraction of sp³-hybridized carbons (Fsp3) is 0.286. The molecule has 1 aliphatic heterocycles. The second kappa shape index (κ2) is 8.12. The molecule has 0 aliphatic carbocycles. The summed E-state index contributed by atoms with van der Waals surface area (Å²) in [5.41, 5.74) is 1.84. The van der Waals surface area contributed by atoms with Crippen molar-refractivity contribution in [3.8, 4) is 0 Å². The molecule has 1 atom stereocenters. The monoisotopic (exact) mass is 367 g/mol. The van der Waals surface area contributed by atoms with Gasteiger partial charge in [0.2, 0.25) is 5.91 Å². The summed E-state index contributed by atoms with van der Waals surface area (Å²) in [6.45, 7) is 1.68. The van der Waals surface area contributed by atoms with Gasteiger partial charge < -0.3 is 4.90 Å². The van der Waals surface area contributed by atoms with Crippen LogP contribution in [0.1, 0.15) is 36.9 Å². The number of amides is 2. The number of rotatable bonds is 5. The van der Waals surface area contributed by atoms with Crippen molar-refractivity contribution in [3.63, 3.8) is 0 Å². The van der Waals surface area contributed by atoms with Crippen LogP contribution in [0.4, 0.5) is 4.39 Å². The maximum Gasteiger partial charge on any atom is 0.262 e. The lowest BCUT2D eigenvalue weighted by Crippen LogP contribution is -2.38. The van der Waals surface area contributed by atoms with Crippen LogP contribution in [0.3, 0.4) is 0 Å². The molecule has 0 saturated carbocycles. The van der Waals surface area contributed by atoms with E-state index in [2.05, 4.69) is 5.10 Å². The molecule has 0 spiro atoms. The van der Waals surface area contributed by atoms with Crippen molar-refractivity contribution in [1.82, 2.24) is 9.91 Å². The third-order valence-corrected chi connectivity index (χ3v) is 4.64. The number of likely N-dealkylation sites (N-methyl/N-ethyl adjacent to an activating group) is 1. The third kappa shape index (κ3) is 4.05. The molecule has 5 nitrogen and oxygen atoms in total. The normalized spacial score (nSPS) is 16.2. The lowest BCUT2D eigenvalue weighted by molar-refractivity contribution is -0.140. The maximum absolute atomic E-state index is 14.2. The van der Waals surface area contributed by atoms with Gasteiger partial charge in [-0.15, -0.1) is 0 Å². The number of carbonyl (C=O) groups excluding carboxylic acids is 2. The minimum Gasteiger partial charge on any atom is -0.336 e. The lowest BCUT2D eigenvalue weighted by atomic mass is 9.98. The quantitative estimate of drug-likeness (QED) is 0.814. The Labute approximate surface area is 158 Å². The zero-order valence-corrected chi connectivity index (χ0v) is 15.4. The summed E-state index contributed by atoms with van der Waals surface area (Å²) in [4.78, 5) is 26.1. The number of hydrazone groups is 1. The molecule has 2 aromatic carbocycles. The van der Waals surface area contributed by atoms with E-state index in [1.54, 1.807) is 32.2 Å². The van der Waals surface area contributed by atoms with Gasteiger partial charge in [0.25, 0.3) is 5.91 Å². The Balaban J connectivity index is 1.91. The van der Waals surface area contributed by atoms with E-state index < -0.39 is 0 Å². The van der Waals surface area contributed by atoms with Crippen molar-refractivity contribution >= 4 is 17.5 Å². The van der Waals surface area contributed by atoms with Gasteiger partial charge in [0.15, 0.2) is 0 Å². The first-order chi connectivity index (χ1) is 13.0. The molecule has 0 bridgehead atoms. The maximum atomic E-state index is 14.2. The minimum absolute atomic E-state index is 0.0654. The molecule has 6 heteroatoms. The van der Waals surface area contributed by atoms with Crippen molar-refractivity contribution in [2.24, 2.45) is 5.10 Å². The van der Waals surface area contributed by atoms with Crippen molar-refractivity contribution in [3.05, 3.63) is 71.5 Å². The fourth-order valence-electron chi connectivity index (χ4n) is 3.17. The summed E-state index contributed by atoms with van der Waals surface area (Å²) in [5.74, 6) is -0.771. The first kappa shape index (κ1) is 18.8. The third-order valence-electron chi connectivity index (χ3n) is 4.64. The first-order valence-corrected chi connectivity index (χ1v) is 8.94. The second-order valence-electron chi connectivity index (χ2n) is 6.50. The first-order valence-electron chi connectivity index (χ1n) is 8.94. The smallest absolute Gasteiger partial charge is 0.262 e. The standard InChI is InChI=1S/C21H22FN3O2/c1-3-20(26)24(2)14-21(27)25-19(15-9-5-4-6-10-15)13-18(23-25)16-11-7-8-12-17(16)22/h4-12,19H,3,13-14H2,1-2H3/t19-/m0/s1. The highest BCUT2D eigenvalue weighted by Crippen LogP contribution is 2.33. The van der Waals surface area contributed by atoms with Crippen molar-refractivity contribution in [2.75, 3.05) is 13.6 Å². The molecule has 0 saturated heterocycles. The SMILES string of the molecule is CCC(=O)N(C)CC(=O)N1N=C(c2ccccc2F)C[C@H]1c1ccccc1. The Bertz CT molecular complexity index is 867. The van der Waals surface area contributed by atoms with E-state index in [0.29, 0.717) is 24.1 Å². The Hall–Kier alpha value is -3.02. The van der Waals surface area contributed by atoms with E-state index in [1.165, 1.54) is 16.0 Å². The Morgan fingerprint density at radius 3 is 2.48 bits per heavy atom. The van der Waals surface area contributed by atoms with Gasteiger partial charge in [-0.1, -0.05) is 55.5 Å². The van der Waals surface area contributed by atoms with Crippen LogP contribution in [-0.4, -0.2) is 41.0 Å². The predicted octanol–water partition coefficient (Wildman–Crippen LogP) is 3.37. The van der Waals surface area contributed by atoms with E-state index in [9.17, 15) is 14.0 Å². The van der Waals surface area contributed by atoms with Gasteiger partial charge in [-0.25, -0.2) is 9.40 Å². The summed E-state index contributed by atoms with van der Waals surface area (Å²) >= 11 is 0. The lowest BCUT2D eigenvalue weighted by Gasteiger charge is -2.24. The summed E-state index contributed by atoms with van der Waals surface area (Å²) in [7, 11) is 1.60. The zero-order valence-electron chi connectivity index (χ0n) is 15.4. The molecule has 140 valence electrons. The number of carbonyl (C=O) groups is 2. The Morgan fingerprint density at radius 2 is 1.81 bits per heavy atom. The second-order valence-corrected chi connectivity index (χ2v) is 6.50. The molecular weight excluding hydrogens is 345 g/mol. The van der Waals surface area contributed by atoms with Crippen LogP contribution in [-0.2, 0) is 9.59 Å². The number of halogens is 1. The Kier molecular flexibility index (Phi) is 5.64. The van der Waals surface area contributed by atoms with E-state index in [1.807, 2.05) is 30.3 Å². The number of hydrogen-bond donors (Lipinski definition) is 0. The molecular formula is C21H22FN3O2. The average Bonchev–Trinajstić information content (AvgIpc) is 3.13. The van der Waals surface area contributed by atoms with E-state index in [4.69, 9.17) is 0 Å². The fourth-order valence-corrected chi connectivity index (χ4v) is 3.17. The van der Waals surface area contributed by atoms with Crippen molar-refractivity contribution in [1.29, 1.82) is 0 Å². The van der Waals surface area contributed by atoms with Gasteiger partial charge in [-0.3, -0.25) is 9.59 Å². The molecule has 1 heterocycles. The highest BCUT2D eigenvalue weighted by atomic mass is 19.1. The topological polar surface area (TPSA) is 53.0 Å². The van der Waals surface area contributed by atoms with Gasteiger partial charge >= 0.3 is 0 Å².